The monoisotopic (exact) mass is 224 g/mol. The van der Waals surface area contributed by atoms with Crippen molar-refractivity contribution in [2.75, 3.05) is 39.9 Å². The van der Waals surface area contributed by atoms with Crippen molar-refractivity contribution in [1.29, 1.82) is 0 Å². The average molecular weight is 224 g/mol. The van der Waals surface area contributed by atoms with Gasteiger partial charge in [0.25, 0.3) is 0 Å². The van der Waals surface area contributed by atoms with Crippen LogP contribution >= 0.6 is 0 Å². The van der Waals surface area contributed by atoms with Gasteiger partial charge in [-0.05, 0) is 44.3 Å². The van der Waals surface area contributed by atoms with Crippen molar-refractivity contribution < 1.29 is 4.74 Å². The van der Waals surface area contributed by atoms with E-state index in [-0.39, 0.29) is 0 Å². The molecule has 1 saturated carbocycles. The number of ether oxygens (including phenoxy) is 1. The van der Waals surface area contributed by atoms with Crippen LogP contribution in [-0.4, -0.2) is 50.8 Å². The summed E-state index contributed by atoms with van der Waals surface area (Å²) in [4.78, 5) is 2.54. The molecule has 3 nitrogen and oxygen atoms in total. The summed E-state index contributed by atoms with van der Waals surface area (Å²) >= 11 is 0. The van der Waals surface area contributed by atoms with Crippen LogP contribution in [0.3, 0.4) is 0 Å². The van der Waals surface area contributed by atoms with E-state index < -0.39 is 0 Å². The lowest BCUT2D eigenvalue weighted by Gasteiger charge is -2.26. The third kappa shape index (κ3) is 4.24. The fraction of sp³-hybridized carbons (Fsp3) is 0.846. The fourth-order valence-corrected chi connectivity index (χ4v) is 2.17. The first-order valence-electron chi connectivity index (χ1n) is 6.51. The summed E-state index contributed by atoms with van der Waals surface area (Å²) in [6.45, 7) is 5.56. The zero-order valence-corrected chi connectivity index (χ0v) is 10.4. The van der Waals surface area contributed by atoms with E-state index in [1.807, 2.05) is 0 Å². The Labute approximate surface area is 98.8 Å². The highest BCUT2D eigenvalue weighted by molar-refractivity contribution is 5.07. The molecule has 2 aliphatic rings. The summed E-state index contributed by atoms with van der Waals surface area (Å²) in [5.41, 5.74) is 1.47. The summed E-state index contributed by atoms with van der Waals surface area (Å²) < 4.78 is 5.15. The third-order valence-corrected chi connectivity index (χ3v) is 3.38. The Morgan fingerprint density at radius 1 is 1.50 bits per heavy atom. The number of rotatable bonds is 7. The topological polar surface area (TPSA) is 24.5 Å². The van der Waals surface area contributed by atoms with Crippen LogP contribution in [0, 0.1) is 0 Å². The first-order valence-corrected chi connectivity index (χ1v) is 6.51. The van der Waals surface area contributed by atoms with E-state index in [0.717, 1.165) is 19.2 Å². The molecular weight excluding hydrogens is 200 g/mol. The molecule has 0 radical (unpaired) electrons. The van der Waals surface area contributed by atoms with E-state index in [2.05, 4.69) is 16.3 Å². The first kappa shape index (κ1) is 12.1. The second-order valence-corrected chi connectivity index (χ2v) is 4.93. The molecule has 1 heterocycles. The van der Waals surface area contributed by atoms with Crippen LogP contribution in [0.1, 0.15) is 25.7 Å². The second-order valence-electron chi connectivity index (χ2n) is 4.93. The summed E-state index contributed by atoms with van der Waals surface area (Å²) in [6, 6.07) is 0.856. The molecule has 1 aliphatic carbocycles. The van der Waals surface area contributed by atoms with E-state index in [1.54, 1.807) is 7.11 Å². The van der Waals surface area contributed by atoms with Crippen LogP contribution in [0.5, 0.6) is 0 Å². The molecule has 0 aromatic heterocycles. The fourth-order valence-electron chi connectivity index (χ4n) is 2.17. The zero-order valence-electron chi connectivity index (χ0n) is 10.4. The maximum atomic E-state index is 5.15. The molecule has 2 rings (SSSR count). The van der Waals surface area contributed by atoms with Gasteiger partial charge in [-0.1, -0.05) is 6.08 Å². The van der Waals surface area contributed by atoms with Gasteiger partial charge < -0.3 is 10.1 Å². The van der Waals surface area contributed by atoms with Gasteiger partial charge in [-0.15, -0.1) is 0 Å². The minimum Gasteiger partial charge on any atom is -0.380 e. The molecule has 0 bridgehead atoms. The van der Waals surface area contributed by atoms with Gasteiger partial charge in [0.15, 0.2) is 0 Å². The number of nitrogens with zero attached hydrogens (tertiary/aromatic N) is 1. The molecule has 0 amide bonds. The lowest BCUT2D eigenvalue weighted by Crippen LogP contribution is -2.32. The van der Waals surface area contributed by atoms with Crippen LogP contribution in [0.15, 0.2) is 11.6 Å². The zero-order chi connectivity index (χ0) is 11.2. The van der Waals surface area contributed by atoms with Crippen molar-refractivity contribution >= 4 is 0 Å². The first-order chi connectivity index (χ1) is 7.88. The van der Waals surface area contributed by atoms with Crippen LogP contribution in [0.25, 0.3) is 0 Å². The van der Waals surface area contributed by atoms with Crippen molar-refractivity contribution in [3.8, 4) is 0 Å². The molecule has 0 unspecified atom stereocenters. The van der Waals surface area contributed by atoms with E-state index >= 15 is 0 Å². The van der Waals surface area contributed by atoms with Crippen LogP contribution in [0.2, 0.25) is 0 Å². The van der Waals surface area contributed by atoms with Gasteiger partial charge in [-0.25, -0.2) is 0 Å². The highest BCUT2D eigenvalue weighted by atomic mass is 16.5. The Morgan fingerprint density at radius 3 is 3.00 bits per heavy atom. The van der Waals surface area contributed by atoms with Crippen molar-refractivity contribution in [2.45, 2.75) is 31.7 Å². The Kier molecular flexibility index (Phi) is 4.82. The van der Waals surface area contributed by atoms with Crippen molar-refractivity contribution in [2.24, 2.45) is 0 Å². The molecule has 0 spiro atoms. The van der Waals surface area contributed by atoms with Gasteiger partial charge in [0.1, 0.15) is 0 Å². The van der Waals surface area contributed by atoms with Crippen molar-refractivity contribution in [1.82, 2.24) is 10.2 Å². The van der Waals surface area contributed by atoms with E-state index in [9.17, 15) is 0 Å². The molecule has 0 saturated heterocycles. The van der Waals surface area contributed by atoms with Crippen LogP contribution < -0.4 is 5.32 Å². The molecule has 1 fully saturated rings. The van der Waals surface area contributed by atoms with Gasteiger partial charge in [0.2, 0.25) is 0 Å². The molecule has 0 aromatic carbocycles. The number of hydrogen-bond donors (Lipinski definition) is 1. The molecule has 1 aliphatic heterocycles. The molecule has 3 heteroatoms. The lowest BCUT2D eigenvalue weighted by atomic mass is 10.1. The Hall–Kier alpha value is -0.380. The maximum Gasteiger partial charge on any atom is 0.0673 e. The summed E-state index contributed by atoms with van der Waals surface area (Å²) in [5.74, 6) is 0. The lowest BCUT2D eigenvalue weighted by molar-refractivity contribution is 0.211. The molecular formula is C13H24N2O. The standard InChI is InChI=1S/C13H24N2O/c1-16-11-12-5-9-15(10-6-12)8-2-7-14-13-3-4-13/h5,13-14H,2-4,6-11H2,1H3. The number of hydrogen-bond acceptors (Lipinski definition) is 3. The van der Waals surface area contributed by atoms with Gasteiger partial charge in [0, 0.05) is 26.2 Å². The maximum absolute atomic E-state index is 5.15. The normalized spacial score (nSPS) is 22.2. The van der Waals surface area contributed by atoms with Crippen molar-refractivity contribution in [3.63, 3.8) is 0 Å². The van der Waals surface area contributed by atoms with Gasteiger partial charge >= 0.3 is 0 Å². The quantitative estimate of drug-likeness (QED) is 0.523. The Bertz CT molecular complexity index is 236. The van der Waals surface area contributed by atoms with E-state index in [4.69, 9.17) is 4.74 Å². The Balaban J connectivity index is 1.53. The molecule has 92 valence electrons. The van der Waals surface area contributed by atoms with Gasteiger partial charge in [0.05, 0.1) is 6.61 Å². The summed E-state index contributed by atoms with van der Waals surface area (Å²) in [7, 11) is 1.77. The molecule has 0 atom stereocenters. The predicted octanol–water partition coefficient (Wildman–Crippen LogP) is 1.41. The van der Waals surface area contributed by atoms with Gasteiger partial charge in [-0.2, -0.15) is 0 Å². The molecule has 1 N–H and O–H groups in total. The van der Waals surface area contributed by atoms with Crippen LogP contribution in [-0.2, 0) is 4.74 Å². The second kappa shape index (κ2) is 6.38. The molecule has 0 aromatic rings. The average Bonchev–Trinajstić information content (AvgIpc) is 3.11. The summed E-state index contributed by atoms with van der Waals surface area (Å²) in [6.07, 6.45) is 7.59. The minimum absolute atomic E-state index is 0.817. The van der Waals surface area contributed by atoms with Crippen molar-refractivity contribution in [3.05, 3.63) is 11.6 Å². The number of methoxy groups -OCH3 is 1. The summed E-state index contributed by atoms with van der Waals surface area (Å²) in [5, 5.41) is 3.56. The third-order valence-electron chi connectivity index (χ3n) is 3.38. The van der Waals surface area contributed by atoms with E-state index in [1.165, 1.54) is 50.9 Å². The highest BCUT2D eigenvalue weighted by Crippen LogP contribution is 2.18. The Morgan fingerprint density at radius 2 is 2.38 bits per heavy atom. The number of nitrogens with one attached hydrogen (secondary N) is 1. The molecule has 16 heavy (non-hydrogen) atoms. The minimum atomic E-state index is 0.817. The smallest absolute Gasteiger partial charge is 0.0673 e. The van der Waals surface area contributed by atoms with E-state index in [0.29, 0.717) is 0 Å². The largest absolute Gasteiger partial charge is 0.380 e. The highest BCUT2D eigenvalue weighted by Gasteiger charge is 2.19. The van der Waals surface area contributed by atoms with Gasteiger partial charge in [-0.3, -0.25) is 4.90 Å². The SMILES string of the molecule is COCC1=CCN(CCCNC2CC2)CC1. The predicted molar refractivity (Wildman–Crippen MR) is 66.7 cm³/mol. The van der Waals surface area contributed by atoms with Crippen LogP contribution in [0.4, 0.5) is 0 Å².